The summed E-state index contributed by atoms with van der Waals surface area (Å²) < 4.78 is 13.7. The molecule has 0 fully saturated rings. The monoisotopic (exact) mass is 653 g/mol. The van der Waals surface area contributed by atoms with Gasteiger partial charge in [0, 0.05) is 33.1 Å². The molecule has 0 radical (unpaired) electrons. The molecule has 3 nitrogen and oxygen atoms in total. The van der Waals surface area contributed by atoms with Crippen LogP contribution in [0.3, 0.4) is 0 Å². The van der Waals surface area contributed by atoms with Crippen LogP contribution in [0, 0.1) is 0 Å². The van der Waals surface area contributed by atoms with Crippen molar-refractivity contribution in [3.8, 4) is 33.4 Å². The molecule has 0 bridgehead atoms. The van der Waals surface area contributed by atoms with Gasteiger partial charge in [0.2, 0.25) is 0 Å². The molecule has 0 spiro atoms. The molecule has 2 heterocycles. The number of nitrogens with zero attached hydrogens (tertiary/aromatic N) is 1. The molecular formula is C48H31NO2. The van der Waals surface area contributed by atoms with Gasteiger partial charge in [0.15, 0.2) is 0 Å². The Bertz CT molecular complexity index is 2830. The van der Waals surface area contributed by atoms with E-state index in [2.05, 4.69) is 181 Å². The number of fused-ring (bicyclic) bond motifs is 6. The zero-order valence-corrected chi connectivity index (χ0v) is 27.7. The molecule has 0 saturated carbocycles. The third-order valence-electron chi connectivity index (χ3n) is 9.87. The van der Waals surface area contributed by atoms with Gasteiger partial charge in [-0.05, 0) is 76.3 Å². The summed E-state index contributed by atoms with van der Waals surface area (Å²) >= 11 is 0. The zero-order chi connectivity index (χ0) is 33.7. The second kappa shape index (κ2) is 11.9. The first-order valence-corrected chi connectivity index (χ1v) is 17.3. The first-order valence-electron chi connectivity index (χ1n) is 17.3. The van der Waals surface area contributed by atoms with E-state index in [4.69, 9.17) is 8.83 Å². The van der Waals surface area contributed by atoms with E-state index in [0.29, 0.717) is 0 Å². The lowest BCUT2D eigenvalue weighted by molar-refractivity contribution is 0.664. The summed E-state index contributed by atoms with van der Waals surface area (Å²) in [4.78, 5) is 2.33. The van der Waals surface area contributed by atoms with E-state index in [0.717, 1.165) is 83.2 Å². The third kappa shape index (κ3) is 4.82. The smallest absolute Gasteiger partial charge is 0.144 e. The van der Waals surface area contributed by atoms with Crippen molar-refractivity contribution in [2.24, 2.45) is 0 Å². The molecule has 0 N–H and O–H groups in total. The summed E-state index contributed by atoms with van der Waals surface area (Å²) in [5.41, 5.74) is 13.3. The lowest BCUT2D eigenvalue weighted by Crippen LogP contribution is -2.10. The lowest BCUT2D eigenvalue weighted by atomic mass is 9.90. The zero-order valence-electron chi connectivity index (χ0n) is 27.7. The van der Waals surface area contributed by atoms with Crippen molar-refractivity contribution in [3.63, 3.8) is 0 Å². The summed E-state index contributed by atoms with van der Waals surface area (Å²) in [7, 11) is 0. The van der Waals surface area contributed by atoms with Crippen LogP contribution in [-0.4, -0.2) is 0 Å². The van der Waals surface area contributed by atoms with E-state index in [1.165, 1.54) is 11.1 Å². The highest BCUT2D eigenvalue weighted by Gasteiger charge is 2.25. The van der Waals surface area contributed by atoms with Gasteiger partial charge in [-0.2, -0.15) is 0 Å². The van der Waals surface area contributed by atoms with Crippen molar-refractivity contribution in [3.05, 3.63) is 188 Å². The number of para-hydroxylation sites is 2. The van der Waals surface area contributed by atoms with Crippen molar-refractivity contribution < 1.29 is 8.83 Å². The van der Waals surface area contributed by atoms with Crippen LogP contribution in [0.2, 0.25) is 0 Å². The Hall–Kier alpha value is -6.84. The average Bonchev–Trinajstić information content (AvgIpc) is 3.77. The van der Waals surface area contributed by atoms with E-state index in [1.807, 2.05) is 12.1 Å². The third-order valence-corrected chi connectivity index (χ3v) is 9.87. The molecule has 240 valence electrons. The van der Waals surface area contributed by atoms with Gasteiger partial charge in [-0.25, -0.2) is 0 Å². The average molecular weight is 654 g/mol. The second-order valence-electron chi connectivity index (χ2n) is 12.8. The fraction of sp³-hybridized carbons (Fsp3) is 0. The van der Waals surface area contributed by atoms with Gasteiger partial charge < -0.3 is 13.7 Å². The summed E-state index contributed by atoms with van der Waals surface area (Å²) in [6, 6.07) is 65.9. The van der Waals surface area contributed by atoms with E-state index in [9.17, 15) is 0 Å². The van der Waals surface area contributed by atoms with Crippen LogP contribution in [0.1, 0.15) is 0 Å². The van der Waals surface area contributed by atoms with Crippen LogP contribution >= 0.6 is 0 Å². The van der Waals surface area contributed by atoms with Crippen molar-refractivity contribution in [2.45, 2.75) is 0 Å². The van der Waals surface area contributed by atoms with Gasteiger partial charge in [0.25, 0.3) is 0 Å². The molecule has 0 amide bonds. The van der Waals surface area contributed by atoms with Gasteiger partial charge in [0.1, 0.15) is 22.3 Å². The first kappa shape index (κ1) is 29.1. The van der Waals surface area contributed by atoms with Crippen LogP contribution in [0.25, 0.3) is 77.3 Å². The fourth-order valence-electron chi connectivity index (χ4n) is 7.60. The van der Waals surface area contributed by atoms with Gasteiger partial charge in [0.05, 0.1) is 11.1 Å². The highest BCUT2D eigenvalue weighted by atomic mass is 16.3. The number of anilines is 3. The minimum Gasteiger partial charge on any atom is -0.456 e. The van der Waals surface area contributed by atoms with Crippen LogP contribution in [0.5, 0.6) is 0 Å². The van der Waals surface area contributed by atoms with Crippen LogP contribution in [0.15, 0.2) is 197 Å². The molecule has 10 aromatic rings. The normalized spacial score (nSPS) is 11.5. The number of benzene rings is 8. The Morgan fingerprint density at radius 3 is 1.71 bits per heavy atom. The molecule has 0 aliphatic heterocycles. The summed E-state index contributed by atoms with van der Waals surface area (Å²) in [6.07, 6.45) is 0. The fourth-order valence-corrected chi connectivity index (χ4v) is 7.60. The van der Waals surface area contributed by atoms with Crippen molar-refractivity contribution in [1.29, 1.82) is 0 Å². The Morgan fingerprint density at radius 1 is 0.353 bits per heavy atom. The predicted octanol–water partition coefficient (Wildman–Crippen LogP) is 14.0. The second-order valence-corrected chi connectivity index (χ2v) is 12.8. The molecule has 3 heteroatoms. The Balaban J connectivity index is 1.28. The standard InChI is InChI=1S/C48H31NO2/c1-4-15-32(16-5-1)33-27-29-36(30-28-33)49(35-19-8-3-9-20-35)41-24-14-26-43-45(41)40-31-44-46(39-23-12-13-25-42(39)50-44)47(48(40)51-43)38-22-11-10-21-37(38)34-17-6-2-7-18-34/h1-31H. The predicted molar refractivity (Wildman–Crippen MR) is 212 cm³/mol. The number of hydrogen-bond donors (Lipinski definition) is 0. The van der Waals surface area contributed by atoms with Crippen molar-refractivity contribution in [1.82, 2.24) is 0 Å². The van der Waals surface area contributed by atoms with E-state index in [-0.39, 0.29) is 0 Å². The van der Waals surface area contributed by atoms with Gasteiger partial charge >= 0.3 is 0 Å². The Labute approximate surface area is 295 Å². The maximum Gasteiger partial charge on any atom is 0.144 e. The maximum absolute atomic E-state index is 7.03. The van der Waals surface area contributed by atoms with E-state index < -0.39 is 0 Å². The van der Waals surface area contributed by atoms with Crippen molar-refractivity contribution in [2.75, 3.05) is 4.90 Å². The molecule has 2 aromatic heterocycles. The number of furan rings is 2. The molecule has 0 unspecified atom stereocenters. The first-order chi connectivity index (χ1) is 25.3. The minimum atomic E-state index is 0.819. The number of hydrogen-bond acceptors (Lipinski definition) is 3. The van der Waals surface area contributed by atoms with E-state index >= 15 is 0 Å². The summed E-state index contributed by atoms with van der Waals surface area (Å²) in [6.45, 7) is 0. The molecular weight excluding hydrogens is 623 g/mol. The highest BCUT2D eigenvalue weighted by molar-refractivity contribution is 6.26. The molecule has 0 saturated heterocycles. The molecule has 0 aliphatic rings. The number of rotatable bonds is 6. The van der Waals surface area contributed by atoms with Gasteiger partial charge in [-0.15, -0.1) is 0 Å². The lowest BCUT2D eigenvalue weighted by Gasteiger charge is -2.26. The molecule has 0 atom stereocenters. The summed E-state index contributed by atoms with van der Waals surface area (Å²) in [5.74, 6) is 0. The van der Waals surface area contributed by atoms with Crippen LogP contribution in [-0.2, 0) is 0 Å². The van der Waals surface area contributed by atoms with E-state index in [1.54, 1.807) is 0 Å². The Kier molecular flexibility index (Phi) is 6.81. The summed E-state index contributed by atoms with van der Waals surface area (Å²) in [5, 5.41) is 4.16. The Morgan fingerprint density at radius 2 is 0.941 bits per heavy atom. The van der Waals surface area contributed by atoms with Crippen LogP contribution in [0.4, 0.5) is 17.1 Å². The topological polar surface area (TPSA) is 29.5 Å². The van der Waals surface area contributed by atoms with Gasteiger partial charge in [-0.1, -0.05) is 140 Å². The highest BCUT2D eigenvalue weighted by Crippen LogP contribution is 2.50. The van der Waals surface area contributed by atoms with Crippen molar-refractivity contribution >= 4 is 60.9 Å². The van der Waals surface area contributed by atoms with Gasteiger partial charge in [-0.3, -0.25) is 0 Å². The minimum absolute atomic E-state index is 0.819. The maximum atomic E-state index is 7.03. The molecule has 10 rings (SSSR count). The SMILES string of the molecule is c1ccc(-c2ccc(N(c3ccccc3)c3cccc4oc5c(-c6ccccc6-c6ccccc6)c6c(cc5c34)oc3ccccc36)cc2)cc1. The molecule has 0 aliphatic carbocycles. The molecule has 8 aromatic carbocycles. The quantitative estimate of drug-likeness (QED) is 0.179. The largest absolute Gasteiger partial charge is 0.456 e. The van der Waals surface area contributed by atoms with Crippen LogP contribution < -0.4 is 4.90 Å². The molecule has 51 heavy (non-hydrogen) atoms.